The van der Waals surface area contributed by atoms with E-state index in [9.17, 15) is 18.3 Å². The molecule has 0 amide bonds. The highest BCUT2D eigenvalue weighted by Crippen LogP contribution is 2.14. The molecule has 1 rings (SSSR count). The van der Waals surface area contributed by atoms with E-state index < -0.39 is 33.9 Å². The van der Waals surface area contributed by atoms with E-state index in [2.05, 4.69) is 4.72 Å². The van der Waals surface area contributed by atoms with Gasteiger partial charge in [-0.2, -0.15) is 0 Å². The van der Waals surface area contributed by atoms with E-state index in [4.69, 9.17) is 5.11 Å². The van der Waals surface area contributed by atoms with Crippen molar-refractivity contribution >= 4 is 16.0 Å². The molecular formula is C11H15NO5S. The third-order valence-corrected chi connectivity index (χ3v) is 4.25. The van der Waals surface area contributed by atoms with Crippen LogP contribution in [0.15, 0.2) is 30.3 Å². The lowest BCUT2D eigenvalue weighted by atomic mass is 10.1. The summed E-state index contributed by atoms with van der Waals surface area (Å²) in [5, 5.41) is 16.3. The summed E-state index contributed by atoms with van der Waals surface area (Å²) < 4.78 is 25.6. The normalized spacial score (nSPS) is 15.0. The third-order valence-electron chi connectivity index (χ3n) is 2.50. The Hall–Kier alpha value is -1.44. The van der Waals surface area contributed by atoms with Gasteiger partial charge in [0.1, 0.15) is 0 Å². The van der Waals surface area contributed by atoms with Crippen LogP contribution in [0.5, 0.6) is 0 Å². The first-order valence-corrected chi connectivity index (χ1v) is 6.83. The Labute approximate surface area is 105 Å². The topological polar surface area (TPSA) is 104 Å². The van der Waals surface area contributed by atoms with Crippen LogP contribution in [-0.4, -0.2) is 36.5 Å². The van der Waals surface area contributed by atoms with Crippen LogP contribution in [0.1, 0.15) is 18.5 Å². The third kappa shape index (κ3) is 3.52. The first-order valence-electron chi connectivity index (χ1n) is 5.28. The molecule has 0 saturated heterocycles. The number of rotatable bonds is 6. The van der Waals surface area contributed by atoms with Gasteiger partial charge < -0.3 is 10.2 Å². The van der Waals surface area contributed by atoms with Crippen LogP contribution in [0.25, 0.3) is 0 Å². The number of hydrogen-bond donors (Lipinski definition) is 3. The summed E-state index contributed by atoms with van der Waals surface area (Å²) in [6.07, 6.45) is 0. The fourth-order valence-electron chi connectivity index (χ4n) is 1.33. The van der Waals surface area contributed by atoms with E-state index in [0.717, 1.165) is 6.92 Å². The molecule has 0 saturated carbocycles. The second kappa shape index (κ2) is 5.94. The van der Waals surface area contributed by atoms with Gasteiger partial charge >= 0.3 is 5.97 Å². The lowest BCUT2D eigenvalue weighted by Gasteiger charge is -2.18. The Morgan fingerprint density at radius 1 is 1.33 bits per heavy atom. The number of sulfonamides is 1. The zero-order valence-corrected chi connectivity index (χ0v) is 10.6. The second-order valence-corrected chi connectivity index (χ2v) is 5.82. The summed E-state index contributed by atoms with van der Waals surface area (Å²) in [5.74, 6) is -1.44. The van der Waals surface area contributed by atoms with Crippen molar-refractivity contribution in [1.82, 2.24) is 4.72 Å². The van der Waals surface area contributed by atoms with E-state index in [1.807, 2.05) is 0 Å². The maximum absolute atomic E-state index is 11.7. The summed E-state index contributed by atoms with van der Waals surface area (Å²) >= 11 is 0. The first-order chi connectivity index (χ1) is 8.38. The van der Waals surface area contributed by atoms with Crippen molar-refractivity contribution < 1.29 is 23.4 Å². The molecular weight excluding hydrogens is 258 g/mol. The molecule has 6 nitrogen and oxygen atoms in total. The van der Waals surface area contributed by atoms with Crippen molar-refractivity contribution in [1.29, 1.82) is 0 Å². The van der Waals surface area contributed by atoms with E-state index in [0.29, 0.717) is 5.56 Å². The van der Waals surface area contributed by atoms with Crippen LogP contribution in [0.3, 0.4) is 0 Å². The molecule has 3 N–H and O–H groups in total. The Kier molecular flexibility index (Phi) is 4.83. The second-order valence-electron chi connectivity index (χ2n) is 3.79. The Morgan fingerprint density at radius 2 is 1.89 bits per heavy atom. The van der Waals surface area contributed by atoms with Crippen molar-refractivity contribution in [2.45, 2.75) is 18.2 Å². The van der Waals surface area contributed by atoms with Crippen molar-refractivity contribution in [2.24, 2.45) is 0 Å². The van der Waals surface area contributed by atoms with Gasteiger partial charge in [0, 0.05) is 0 Å². The SMILES string of the molecule is CC(C(=O)O)S(=O)(=O)NC(CO)c1ccccc1. The zero-order valence-electron chi connectivity index (χ0n) is 9.78. The molecule has 18 heavy (non-hydrogen) atoms. The molecule has 0 aromatic heterocycles. The predicted molar refractivity (Wildman–Crippen MR) is 65.4 cm³/mol. The average Bonchev–Trinajstić information content (AvgIpc) is 2.36. The number of aliphatic hydroxyl groups excluding tert-OH is 1. The quantitative estimate of drug-likeness (QED) is 0.682. The number of carbonyl (C=O) groups is 1. The maximum atomic E-state index is 11.7. The average molecular weight is 273 g/mol. The van der Waals surface area contributed by atoms with Crippen LogP contribution in [0.4, 0.5) is 0 Å². The van der Waals surface area contributed by atoms with Crippen LogP contribution < -0.4 is 4.72 Å². The molecule has 0 radical (unpaired) electrons. The number of aliphatic carboxylic acids is 1. The Balaban J connectivity index is 2.91. The zero-order chi connectivity index (χ0) is 13.8. The monoisotopic (exact) mass is 273 g/mol. The van der Waals surface area contributed by atoms with E-state index in [1.54, 1.807) is 30.3 Å². The van der Waals surface area contributed by atoms with Crippen LogP contribution in [-0.2, 0) is 14.8 Å². The van der Waals surface area contributed by atoms with Gasteiger partial charge in [-0.1, -0.05) is 30.3 Å². The minimum absolute atomic E-state index is 0.449. The minimum Gasteiger partial charge on any atom is -0.480 e. The molecule has 0 spiro atoms. The smallest absolute Gasteiger partial charge is 0.323 e. The summed E-state index contributed by atoms with van der Waals surface area (Å²) in [7, 11) is -4.03. The van der Waals surface area contributed by atoms with Crippen molar-refractivity contribution in [3.8, 4) is 0 Å². The summed E-state index contributed by atoms with van der Waals surface area (Å²) in [4.78, 5) is 10.7. The number of hydrogen-bond acceptors (Lipinski definition) is 4. The lowest BCUT2D eigenvalue weighted by molar-refractivity contribution is -0.136. The number of nitrogens with one attached hydrogen (secondary N) is 1. The summed E-state index contributed by atoms with van der Waals surface area (Å²) in [6.45, 7) is 0.625. The summed E-state index contributed by atoms with van der Waals surface area (Å²) in [6, 6.07) is 7.61. The highest BCUT2D eigenvalue weighted by atomic mass is 32.2. The van der Waals surface area contributed by atoms with Crippen molar-refractivity contribution in [2.75, 3.05) is 6.61 Å². The van der Waals surface area contributed by atoms with Gasteiger partial charge in [-0.3, -0.25) is 4.79 Å². The van der Waals surface area contributed by atoms with Gasteiger partial charge in [0.15, 0.2) is 5.25 Å². The van der Waals surface area contributed by atoms with Gasteiger partial charge in [-0.15, -0.1) is 0 Å². The molecule has 1 aromatic carbocycles. The Morgan fingerprint density at radius 3 is 2.33 bits per heavy atom. The van der Waals surface area contributed by atoms with Gasteiger partial charge in [-0.25, -0.2) is 13.1 Å². The molecule has 7 heteroatoms. The largest absolute Gasteiger partial charge is 0.480 e. The molecule has 0 aliphatic carbocycles. The number of carboxylic acids is 1. The molecule has 0 heterocycles. The lowest BCUT2D eigenvalue weighted by Crippen LogP contribution is -2.40. The van der Waals surface area contributed by atoms with Crippen LogP contribution in [0.2, 0.25) is 0 Å². The maximum Gasteiger partial charge on any atom is 0.323 e. The fourth-order valence-corrected chi connectivity index (χ4v) is 2.41. The molecule has 0 aliphatic rings. The van der Waals surface area contributed by atoms with Crippen LogP contribution >= 0.6 is 0 Å². The van der Waals surface area contributed by atoms with E-state index in [1.165, 1.54) is 0 Å². The number of benzene rings is 1. The molecule has 100 valence electrons. The Bertz CT molecular complexity index is 499. The summed E-state index contributed by atoms with van der Waals surface area (Å²) in [5.41, 5.74) is 0.571. The molecule has 2 atom stereocenters. The van der Waals surface area contributed by atoms with Gasteiger partial charge in [0.05, 0.1) is 12.6 Å². The standard InChI is InChI=1S/C11H15NO5S/c1-8(11(14)15)18(16,17)12-10(7-13)9-5-3-2-4-6-9/h2-6,8,10,12-13H,7H2,1H3,(H,14,15). The predicted octanol–water partition coefficient (Wildman–Crippen LogP) is 0.113. The first kappa shape index (κ1) is 14.6. The molecule has 0 fully saturated rings. The van der Waals surface area contributed by atoms with Crippen molar-refractivity contribution in [3.05, 3.63) is 35.9 Å². The van der Waals surface area contributed by atoms with Gasteiger partial charge in [0.25, 0.3) is 0 Å². The van der Waals surface area contributed by atoms with Crippen molar-refractivity contribution in [3.63, 3.8) is 0 Å². The van der Waals surface area contributed by atoms with E-state index in [-0.39, 0.29) is 0 Å². The molecule has 2 unspecified atom stereocenters. The highest BCUT2D eigenvalue weighted by molar-refractivity contribution is 7.90. The minimum atomic E-state index is -4.03. The molecule has 1 aromatic rings. The van der Waals surface area contributed by atoms with E-state index >= 15 is 0 Å². The molecule has 0 bridgehead atoms. The van der Waals surface area contributed by atoms with Crippen LogP contribution in [0, 0.1) is 0 Å². The number of carboxylic acid groups (broad SMARTS) is 1. The fraction of sp³-hybridized carbons (Fsp3) is 0.364. The van der Waals surface area contributed by atoms with Gasteiger partial charge in [0.2, 0.25) is 10.0 Å². The van der Waals surface area contributed by atoms with Gasteiger partial charge in [-0.05, 0) is 12.5 Å². The highest BCUT2D eigenvalue weighted by Gasteiger charge is 2.30. The number of aliphatic hydroxyl groups is 1. The molecule has 0 aliphatic heterocycles.